The number of morpholine rings is 1. The van der Waals surface area contributed by atoms with Crippen LogP contribution in [0.25, 0.3) is 0 Å². The van der Waals surface area contributed by atoms with E-state index < -0.39 is 0 Å². The maximum atomic E-state index is 12.6. The highest BCUT2D eigenvalue weighted by atomic mass is 16.6. The Morgan fingerprint density at radius 2 is 1.88 bits per heavy atom. The smallest absolute Gasteiger partial charge is 0.410 e. The van der Waals surface area contributed by atoms with Crippen LogP contribution in [-0.4, -0.2) is 47.2 Å². The van der Waals surface area contributed by atoms with Gasteiger partial charge in [-0.05, 0) is 18.4 Å². The summed E-state index contributed by atoms with van der Waals surface area (Å²) in [5.41, 5.74) is 1.42. The number of hydrogen-bond donors (Lipinski definition) is 0. The van der Waals surface area contributed by atoms with Crippen LogP contribution in [0, 0.1) is 5.92 Å². The van der Waals surface area contributed by atoms with Gasteiger partial charge in [0.25, 0.3) is 0 Å². The SMILES string of the molecule is O=C(c1cnoc1)C1CC2COCC(C1)N2C(=O)OCc1ccccc1. The zero-order chi connectivity index (χ0) is 17.9. The first-order chi connectivity index (χ1) is 12.7. The minimum Gasteiger partial charge on any atom is -0.445 e. The molecular weight excluding hydrogens is 336 g/mol. The molecule has 2 saturated heterocycles. The molecule has 0 aliphatic carbocycles. The predicted molar refractivity (Wildman–Crippen MR) is 90.4 cm³/mol. The minimum absolute atomic E-state index is 0.0143. The van der Waals surface area contributed by atoms with E-state index in [0.29, 0.717) is 31.6 Å². The summed E-state index contributed by atoms with van der Waals surface area (Å²) in [6.45, 7) is 1.08. The summed E-state index contributed by atoms with van der Waals surface area (Å²) in [6, 6.07) is 9.27. The van der Waals surface area contributed by atoms with Gasteiger partial charge in [0.1, 0.15) is 12.9 Å². The molecule has 2 aliphatic rings. The van der Waals surface area contributed by atoms with Crippen LogP contribution in [0.1, 0.15) is 28.8 Å². The van der Waals surface area contributed by atoms with Crippen LogP contribution in [-0.2, 0) is 16.1 Å². The second-order valence-electron chi connectivity index (χ2n) is 6.74. The lowest BCUT2D eigenvalue weighted by Gasteiger charge is -2.47. The molecule has 1 aromatic heterocycles. The van der Waals surface area contributed by atoms with Gasteiger partial charge in [-0.1, -0.05) is 35.5 Å². The first-order valence-electron chi connectivity index (χ1n) is 8.72. The van der Waals surface area contributed by atoms with Gasteiger partial charge in [-0.15, -0.1) is 0 Å². The van der Waals surface area contributed by atoms with E-state index in [1.165, 1.54) is 12.5 Å². The number of ketones is 1. The molecule has 7 heteroatoms. The molecule has 2 bridgehead atoms. The highest BCUT2D eigenvalue weighted by Gasteiger charge is 2.44. The normalized spacial score (nSPS) is 24.9. The number of carbonyl (C=O) groups is 2. The quantitative estimate of drug-likeness (QED) is 0.784. The van der Waals surface area contributed by atoms with Crippen molar-refractivity contribution in [3.05, 3.63) is 53.9 Å². The van der Waals surface area contributed by atoms with Crippen molar-refractivity contribution in [1.82, 2.24) is 10.1 Å². The van der Waals surface area contributed by atoms with E-state index in [-0.39, 0.29) is 36.5 Å². The number of hydrogen-bond acceptors (Lipinski definition) is 6. The Hall–Kier alpha value is -2.67. The van der Waals surface area contributed by atoms with E-state index in [1.54, 1.807) is 4.90 Å². The van der Waals surface area contributed by atoms with Crippen LogP contribution < -0.4 is 0 Å². The molecule has 4 rings (SSSR count). The lowest BCUT2D eigenvalue weighted by Crippen LogP contribution is -2.59. The van der Waals surface area contributed by atoms with Gasteiger partial charge in [0, 0.05) is 5.92 Å². The number of rotatable bonds is 4. The van der Waals surface area contributed by atoms with Crippen molar-refractivity contribution in [1.29, 1.82) is 0 Å². The van der Waals surface area contributed by atoms with Gasteiger partial charge in [0.15, 0.2) is 5.78 Å². The maximum absolute atomic E-state index is 12.6. The van der Waals surface area contributed by atoms with Crippen LogP contribution in [0.3, 0.4) is 0 Å². The summed E-state index contributed by atoms with van der Waals surface area (Å²) in [5.74, 6) is -0.146. The molecule has 2 aliphatic heterocycles. The average Bonchev–Trinajstić information content (AvgIpc) is 3.20. The molecule has 3 heterocycles. The summed E-state index contributed by atoms with van der Waals surface area (Å²) in [5, 5.41) is 3.60. The van der Waals surface area contributed by atoms with Gasteiger partial charge in [0.05, 0.1) is 37.1 Å². The van der Waals surface area contributed by atoms with Gasteiger partial charge in [-0.3, -0.25) is 9.69 Å². The lowest BCUT2D eigenvalue weighted by atomic mass is 9.81. The predicted octanol–water partition coefficient (Wildman–Crippen LogP) is 2.67. The summed E-state index contributed by atoms with van der Waals surface area (Å²) in [6.07, 6.45) is 3.58. The summed E-state index contributed by atoms with van der Waals surface area (Å²) in [7, 11) is 0. The molecule has 0 N–H and O–H groups in total. The monoisotopic (exact) mass is 356 g/mol. The Labute approximate surface area is 150 Å². The fourth-order valence-electron chi connectivity index (χ4n) is 3.78. The maximum Gasteiger partial charge on any atom is 0.410 e. The van der Waals surface area contributed by atoms with E-state index in [9.17, 15) is 9.59 Å². The number of amides is 1. The lowest BCUT2D eigenvalue weighted by molar-refractivity contribution is -0.0755. The molecule has 26 heavy (non-hydrogen) atoms. The second kappa shape index (κ2) is 7.29. The van der Waals surface area contributed by atoms with Crippen molar-refractivity contribution in [2.45, 2.75) is 31.5 Å². The zero-order valence-electron chi connectivity index (χ0n) is 14.2. The number of nitrogens with zero attached hydrogens (tertiary/aromatic N) is 2. The Bertz CT molecular complexity index is 748. The van der Waals surface area contributed by atoms with Crippen molar-refractivity contribution < 1.29 is 23.6 Å². The van der Waals surface area contributed by atoms with E-state index in [4.69, 9.17) is 14.0 Å². The van der Waals surface area contributed by atoms with Crippen molar-refractivity contribution in [3.8, 4) is 0 Å². The van der Waals surface area contributed by atoms with E-state index in [2.05, 4.69) is 5.16 Å². The van der Waals surface area contributed by atoms with Crippen LogP contribution in [0.4, 0.5) is 4.79 Å². The van der Waals surface area contributed by atoms with E-state index in [1.807, 2.05) is 30.3 Å². The molecule has 2 fully saturated rings. The molecule has 2 atom stereocenters. The number of benzene rings is 1. The molecule has 136 valence electrons. The highest BCUT2D eigenvalue weighted by Crippen LogP contribution is 2.34. The van der Waals surface area contributed by atoms with Crippen molar-refractivity contribution in [3.63, 3.8) is 0 Å². The summed E-state index contributed by atoms with van der Waals surface area (Å²) >= 11 is 0. The second-order valence-corrected chi connectivity index (χ2v) is 6.74. The van der Waals surface area contributed by atoms with Gasteiger partial charge in [0.2, 0.25) is 0 Å². The molecule has 2 unspecified atom stereocenters. The number of aromatic nitrogens is 1. The van der Waals surface area contributed by atoms with Gasteiger partial charge < -0.3 is 14.0 Å². The Morgan fingerprint density at radius 1 is 1.15 bits per heavy atom. The molecular formula is C19H20N2O5. The molecule has 0 saturated carbocycles. The van der Waals surface area contributed by atoms with Gasteiger partial charge in [-0.25, -0.2) is 4.79 Å². The molecule has 1 amide bonds. The fourth-order valence-corrected chi connectivity index (χ4v) is 3.78. The highest BCUT2D eigenvalue weighted by molar-refractivity contribution is 5.97. The standard InChI is InChI=1S/C19H20N2O5/c22-18(15-8-20-26-10-15)14-6-16-11-24-12-17(7-14)21(16)19(23)25-9-13-4-2-1-3-5-13/h1-5,8,10,14,16-17H,6-7,9,11-12H2. The molecule has 1 aromatic carbocycles. The first kappa shape index (κ1) is 16.8. The van der Waals surface area contributed by atoms with Gasteiger partial charge >= 0.3 is 6.09 Å². The van der Waals surface area contributed by atoms with Crippen LogP contribution in [0.15, 0.2) is 47.3 Å². The largest absolute Gasteiger partial charge is 0.445 e. The van der Waals surface area contributed by atoms with Crippen molar-refractivity contribution in [2.75, 3.05) is 13.2 Å². The fraction of sp³-hybridized carbons (Fsp3) is 0.421. The number of piperidine rings is 1. The number of ether oxygens (including phenoxy) is 2. The van der Waals surface area contributed by atoms with E-state index >= 15 is 0 Å². The number of fused-ring (bicyclic) bond motifs is 2. The average molecular weight is 356 g/mol. The molecule has 7 nitrogen and oxygen atoms in total. The third-order valence-electron chi connectivity index (χ3n) is 5.02. The van der Waals surface area contributed by atoms with Crippen LogP contribution in [0.5, 0.6) is 0 Å². The van der Waals surface area contributed by atoms with Crippen LogP contribution >= 0.6 is 0 Å². The van der Waals surface area contributed by atoms with Crippen molar-refractivity contribution >= 4 is 11.9 Å². The zero-order valence-corrected chi connectivity index (χ0v) is 14.2. The molecule has 0 radical (unpaired) electrons. The third-order valence-corrected chi connectivity index (χ3v) is 5.02. The number of Topliss-reactive ketones (excluding diaryl/α,β-unsaturated/α-hetero) is 1. The van der Waals surface area contributed by atoms with Crippen LogP contribution in [0.2, 0.25) is 0 Å². The third kappa shape index (κ3) is 3.35. The minimum atomic E-state index is -0.344. The molecule has 0 spiro atoms. The Kier molecular flexibility index (Phi) is 4.71. The molecule has 2 aromatic rings. The van der Waals surface area contributed by atoms with Crippen molar-refractivity contribution in [2.24, 2.45) is 5.92 Å². The topological polar surface area (TPSA) is 81.9 Å². The van der Waals surface area contributed by atoms with E-state index in [0.717, 1.165) is 5.56 Å². The number of carbonyl (C=O) groups excluding carboxylic acids is 2. The summed E-state index contributed by atoms with van der Waals surface area (Å²) < 4.78 is 15.9. The first-order valence-corrected chi connectivity index (χ1v) is 8.72. The Balaban J connectivity index is 1.42. The van der Waals surface area contributed by atoms with Gasteiger partial charge in [-0.2, -0.15) is 0 Å². The Morgan fingerprint density at radius 3 is 2.54 bits per heavy atom. The summed E-state index contributed by atoms with van der Waals surface area (Å²) in [4.78, 5) is 27.0.